The molecule has 78 valence electrons. The highest BCUT2D eigenvalue weighted by atomic mass is 35.5. The lowest BCUT2D eigenvalue weighted by atomic mass is 10.2. The van der Waals surface area contributed by atoms with Gasteiger partial charge in [-0.25, -0.2) is 0 Å². The van der Waals surface area contributed by atoms with Gasteiger partial charge in [-0.1, -0.05) is 23.2 Å². The van der Waals surface area contributed by atoms with Crippen LogP contribution in [0.3, 0.4) is 0 Å². The molecule has 0 aliphatic heterocycles. The van der Waals surface area contributed by atoms with Gasteiger partial charge in [0.1, 0.15) is 0 Å². The average Bonchev–Trinajstić information content (AvgIpc) is 2.10. The number of hydrogen-bond donors (Lipinski definition) is 1. The van der Waals surface area contributed by atoms with Crippen LogP contribution in [0.4, 0.5) is 0 Å². The molecule has 4 heteroatoms. The van der Waals surface area contributed by atoms with Crippen molar-refractivity contribution in [3.05, 3.63) is 27.7 Å². The molecule has 2 nitrogen and oxygen atoms in total. The number of benzene rings is 1. The minimum atomic E-state index is 0.0497. The molecule has 1 aromatic carbocycles. The average molecular weight is 234 g/mol. The maximum absolute atomic E-state index is 5.99. The zero-order chi connectivity index (χ0) is 10.7. The van der Waals surface area contributed by atoms with Crippen molar-refractivity contribution in [1.29, 1.82) is 0 Å². The lowest BCUT2D eigenvalue weighted by Gasteiger charge is -2.13. The van der Waals surface area contributed by atoms with E-state index < -0.39 is 0 Å². The summed E-state index contributed by atoms with van der Waals surface area (Å²) in [5.41, 5.74) is 6.38. The highest BCUT2D eigenvalue weighted by Gasteiger charge is 2.10. The van der Waals surface area contributed by atoms with Crippen LogP contribution >= 0.6 is 23.2 Å². The minimum Gasteiger partial charge on any atom is -0.488 e. The normalized spacial score (nSPS) is 10.7. The Morgan fingerprint density at radius 2 is 1.79 bits per heavy atom. The summed E-state index contributed by atoms with van der Waals surface area (Å²) >= 11 is 12.0. The summed E-state index contributed by atoms with van der Waals surface area (Å²) in [5, 5.41) is 1.01. The van der Waals surface area contributed by atoms with Crippen LogP contribution in [0.15, 0.2) is 12.1 Å². The molecule has 0 heterocycles. The zero-order valence-electron chi connectivity index (χ0n) is 8.18. The first-order valence-electron chi connectivity index (χ1n) is 4.39. The third kappa shape index (κ3) is 2.77. The zero-order valence-corrected chi connectivity index (χ0v) is 9.69. The van der Waals surface area contributed by atoms with Crippen LogP contribution in [-0.4, -0.2) is 6.10 Å². The van der Waals surface area contributed by atoms with Crippen molar-refractivity contribution in [1.82, 2.24) is 0 Å². The van der Waals surface area contributed by atoms with Crippen molar-refractivity contribution in [2.24, 2.45) is 5.73 Å². The van der Waals surface area contributed by atoms with Crippen molar-refractivity contribution in [3.63, 3.8) is 0 Å². The standard InChI is InChI=1S/C10H13Cl2NO/c1-6(2)14-10-8(11)3-7(5-13)4-9(10)12/h3-4,6H,5,13H2,1-2H3. The van der Waals surface area contributed by atoms with Crippen LogP contribution in [0.1, 0.15) is 19.4 Å². The van der Waals surface area contributed by atoms with Crippen molar-refractivity contribution in [3.8, 4) is 5.75 Å². The van der Waals surface area contributed by atoms with Crippen molar-refractivity contribution < 1.29 is 4.74 Å². The number of hydrogen-bond acceptors (Lipinski definition) is 2. The second kappa shape index (κ2) is 4.87. The van der Waals surface area contributed by atoms with Gasteiger partial charge < -0.3 is 10.5 Å². The number of halogens is 2. The van der Waals surface area contributed by atoms with E-state index in [1.807, 2.05) is 13.8 Å². The first kappa shape index (κ1) is 11.6. The van der Waals surface area contributed by atoms with E-state index in [0.29, 0.717) is 22.3 Å². The maximum Gasteiger partial charge on any atom is 0.156 e. The third-order valence-electron chi connectivity index (χ3n) is 1.65. The first-order valence-corrected chi connectivity index (χ1v) is 5.14. The van der Waals surface area contributed by atoms with E-state index >= 15 is 0 Å². The fourth-order valence-corrected chi connectivity index (χ4v) is 1.70. The molecule has 0 saturated carbocycles. The SMILES string of the molecule is CC(C)Oc1c(Cl)cc(CN)cc1Cl. The molecular formula is C10H13Cl2NO. The van der Waals surface area contributed by atoms with Crippen LogP contribution < -0.4 is 10.5 Å². The largest absolute Gasteiger partial charge is 0.488 e. The van der Waals surface area contributed by atoms with E-state index in [0.717, 1.165) is 5.56 Å². The second-order valence-corrected chi connectivity index (χ2v) is 4.07. The summed E-state index contributed by atoms with van der Waals surface area (Å²) in [4.78, 5) is 0. The van der Waals surface area contributed by atoms with Crippen LogP contribution in [0, 0.1) is 0 Å². The minimum absolute atomic E-state index is 0.0497. The van der Waals surface area contributed by atoms with Crippen LogP contribution in [0.5, 0.6) is 5.75 Å². The molecule has 0 aliphatic carbocycles. The highest BCUT2D eigenvalue weighted by Crippen LogP contribution is 2.34. The molecule has 1 rings (SSSR count). The Morgan fingerprint density at radius 3 is 2.14 bits per heavy atom. The molecule has 0 aromatic heterocycles. The van der Waals surface area contributed by atoms with Crippen molar-refractivity contribution in [2.45, 2.75) is 26.5 Å². The Balaban J connectivity index is 3.05. The Bertz CT molecular complexity index is 303. The fraction of sp³-hybridized carbons (Fsp3) is 0.400. The topological polar surface area (TPSA) is 35.2 Å². The third-order valence-corrected chi connectivity index (χ3v) is 2.21. The first-order chi connectivity index (χ1) is 6.54. The van der Waals surface area contributed by atoms with E-state index in [2.05, 4.69) is 0 Å². The Hall–Kier alpha value is -0.440. The van der Waals surface area contributed by atoms with E-state index in [1.54, 1.807) is 12.1 Å². The van der Waals surface area contributed by atoms with Crippen LogP contribution in [0.25, 0.3) is 0 Å². The van der Waals surface area contributed by atoms with E-state index in [-0.39, 0.29) is 6.10 Å². The summed E-state index contributed by atoms with van der Waals surface area (Å²) in [5.74, 6) is 0.528. The summed E-state index contributed by atoms with van der Waals surface area (Å²) in [6, 6.07) is 3.54. The van der Waals surface area contributed by atoms with Gasteiger partial charge in [0.2, 0.25) is 0 Å². The van der Waals surface area contributed by atoms with Crippen LogP contribution in [-0.2, 0) is 6.54 Å². The lowest BCUT2D eigenvalue weighted by Crippen LogP contribution is -2.07. The van der Waals surface area contributed by atoms with E-state index in [9.17, 15) is 0 Å². The van der Waals surface area contributed by atoms with Gasteiger partial charge in [0.05, 0.1) is 16.1 Å². The summed E-state index contributed by atoms with van der Waals surface area (Å²) in [6.07, 6.45) is 0.0497. The highest BCUT2D eigenvalue weighted by molar-refractivity contribution is 6.37. The van der Waals surface area contributed by atoms with Crippen molar-refractivity contribution in [2.75, 3.05) is 0 Å². The molecule has 0 saturated heterocycles. The fourth-order valence-electron chi connectivity index (χ4n) is 1.08. The number of rotatable bonds is 3. The van der Waals surface area contributed by atoms with Gasteiger partial charge in [-0.2, -0.15) is 0 Å². The molecule has 0 aliphatic rings. The molecule has 2 N–H and O–H groups in total. The Kier molecular flexibility index (Phi) is 4.05. The van der Waals surface area contributed by atoms with Gasteiger partial charge in [-0.15, -0.1) is 0 Å². The number of nitrogens with two attached hydrogens (primary N) is 1. The maximum atomic E-state index is 5.99. The van der Waals surface area contributed by atoms with Crippen molar-refractivity contribution >= 4 is 23.2 Å². The predicted octanol–water partition coefficient (Wildman–Crippen LogP) is 3.24. The van der Waals surface area contributed by atoms with Gasteiger partial charge in [0, 0.05) is 6.54 Å². The van der Waals surface area contributed by atoms with Gasteiger partial charge in [-0.3, -0.25) is 0 Å². The van der Waals surface area contributed by atoms with Crippen LogP contribution in [0.2, 0.25) is 10.0 Å². The number of ether oxygens (including phenoxy) is 1. The molecule has 14 heavy (non-hydrogen) atoms. The molecule has 1 aromatic rings. The smallest absolute Gasteiger partial charge is 0.156 e. The van der Waals surface area contributed by atoms with Gasteiger partial charge in [0.15, 0.2) is 5.75 Å². The van der Waals surface area contributed by atoms with Gasteiger partial charge >= 0.3 is 0 Å². The monoisotopic (exact) mass is 233 g/mol. The summed E-state index contributed by atoms with van der Waals surface area (Å²) in [6.45, 7) is 4.26. The molecule has 0 fully saturated rings. The molecule has 0 radical (unpaired) electrons. The Morgan fingerprint density at radius 1 is 1.29 bits per heavy atom. The summed E-state index contributed by atoms with van der Waals surface area (Å²) < 4.78 is 5.47. The predicted molar refractivity (Wildman–Crippen MR) is 60.1 cm³/mol. The molecule has 0 spiro atoms. The second-order valence-electron chi connectivity index (χ2n) is 3.26. The van der Waals surface area contributed by atoms with E-state index in [4.69, 9.17) is 33.7 Å². The molecule has 0 amide bonds. The quantitative estimate of drug-likeness (QED) is 0.871. The lowest BCUT2D eigenvalue weighted by molar-refractivity contribution is 0.242. The van der Waals surface area contributed by atoms with Gasteiger partial charge in [-0.05, 0) is 31.5 Å². The molecule has 0 atom stereocenters. The van der Waals surface area contributed by atoms with Gasteiger partial charge in [0.25, 0.3) is 0 Å². The van der Waals surface area contributed by atoms with E-state index in [1.165, 1.54) is 0 Å². The molecule has 0 unspecified atom stereocenters. The summed E-state index contributed by atoms with van der Waals surface area (Å²) in [7, 11) is 0. The molecule has 0 bridgehead atoms. The Labute approximate surface area is 94.0 Å². The molecular weight excluding hydrogens is 221 g/mol.